The molecule has 1 amide bonds. The number of benzene rings is 2. The van der Waals surface area contributed by atoms with E-state index in [-0.39, 0.29) is 5.91 Å². The average Bonchev–Trinajstić information content (AvgIpc) is 3.51. The topological polar surface area (TPSA) is 108 Å². The van der Waals surface area contributed by atoms with Crippen LogP contribution in [0.15, 0.2) is 60.9 Å². The number of halogens is 3. The first-order valence-corrected chi connectivity index (χ1v) is 14.9. The summed E-state index contributed by atoms with van der Waals surface area (Å²) < 4.78 is 0. The third-order valence-corrected chi connectivity index (χ3v) is 8.08. The lowest BCUT2D eigenvalue weighted by Crippen LogP contribution is -2.41. The second-order valence-corrected chi connectivity index (χ2v) is 11.6. The first kappa shape index (κ1) is 29.2. The van der Waals surface area contributed by atoms with Gasteiger partial charge in [0.1, 0.15) is 11.9 Å². The first-order chi connectivity index (χ1) is 19.9. The number of amides is 1. The third-order valence-electron chi connectivity index (χ3n) is 7.26. The first-order valence-electron chi connectivity index (χ1n) is 13.8. The molecule has 1 saturated carbocycles. The van der Waals surface area contributed by atoms with Gasteiger partial charge in [-0.3, -0.25) is 9.89 Å². The van der Waals surface area contributed by atoms with Gasteiger partial charge in [-0.05, 0) is 47.7 Å². The summed E-state index contributed by atoms with van der Waals surface area (Å²) in [6.07, 6.45) is 10.0. The van der Waals surface area contributed by atoms with Crippen molar-refractivity contribution in [2.24, 2.45) is 5.92 Å². The second-order valence-electron chi connectivity index (χ2n) is 10.3. The molecule has 1 atom stereocenters. The van der Waals surface area contributed by atoms with Crippen LogP contribution in [0.1, 0.15) is 49.7 Å². The number of aromatic nitrogens is 4. The van der Waals surface area contributed by atoms with Crippen LogP contribution in [0.25, 0.3) is 11.3 Å². The molecule has 0 aliphatic heterocycles. The Hall–Kier alpha value is -3.33. The molecule has 0 saturated heterocycles. The van der Waals surface area contributed by atoms with Gasteiger partial charge in [-0.15, -0.1) is 0 Å². The predicted molar refractivity (Wildman–Crippen MR) is 165 cm³/mol. The average molecular weight is 613 g/mol. The monoisotopic (exact) mass is 611 g/mol. The van der Waals surface area contributed by atoms with Gasteiger partial charge in [0.2, 0.25) is 11.9 Å². The van der Waals surface area contributed by atoms with Crippen molar-refractivity contribution in [1.82, 2.24) is 25.5 Å². The van der Waals surface area contributed by atoms with Crippen LogP contribution in [-0.2, 0) is 17.9 Å². The molecule has 1 aliphatic rings. The summed E-state index contributed by atoms with van der Waals surface area (Å²) in [6.45, 7) is 0.789. The maximum atomic E-state index is 13.6. The lowest BCUT2D eigenvalue weighted by Gasteiger charge is -2.27. The van der Waals surface area contributed by atoms with Crippen molar-refractivity contribution >= 4 is 52.5 Å². The van der Waals surface area contributed by atoms with Gasteiger partial charge >= 0.3 is 0 Å². The fourth-order valence-electron chi connectivity index (χ4n) is 5.10. The summed E-state index contributed by atoms with van der Waals surface area (Å²) in [4.78, 5) is 23.0. The number of nitrogens with one attached hydrogen (secondary N) is 4. The SMILES string of the molecule is O=C(NCc1ccc(Cl)cc1Cl)C(CC1CCCCC1)Nc1cc(-c2cn[nH]c2)nc(NCc2cccc(Cl)c2)n1. The fourth-order valence-corrected chi connectivity index (χ4v) is 5.79. The molecule has 4 N–H and O–H groups in total. The van der Waals surface area contributed by atoms with E-state index in [4.69, 9.17) is 44.8 Å². The Morgan fingerprint density at radius 1 is 0.976 bits per heavy atom. The number of aromatic amines is 1. The maximum absolute atomic E-state index is 13.6. The Bertz CT molecular complexity index is 1460. The number of hydrogen-bond acceptors (Lipinski definition) is 6. The number of hydrogen-bond donors (Lipinski definition) is 4. The molecule has 2 aromatic heterocycles. The summed E-state index contributed by atoms with van der Waals surface area (Å²) in [5, 5.41) is 18.4. The molecule has 0 spiro atoms. The Balaban J connectivity index is 1.37. The van der Waals surface area contributed by atoms with Gasteiger partial charge in [-0.1, -0.05) is 85.1 Å². The Morgan fingerprint density at radius 2 is 1.80 bits per heavy atom. The molecule has 214 valence electrons. The maximum Gasteiger partial charge on any atom is 0.242 e. The van der Waals surface area contributed by atoms with Crippen LogP contribution >= 0.6 is 34.8 Å². The highest BCUT2D eigenvalue weighted by Crippen LogP contribution is 2.29. The summed E-state index contributed by atoms with van der Waals surface area (Å²) in [5.41, 5.74) is 3.29. The predicted octanol–water partition coefficient (Wildman–Crippen LogP) is 7.51. The van der Waals surface area contributed by atoms with Crippen LogP contribution in [0.4, 0.5) is 11.8 Å². The van der Waals surface area contributed by atoms with E-state index in [1.54, 1.807) is 24.5 Å². The van der Waals surface area contributed by atoms with Crippen molar-refractivity contribution in [2.45, 2.75) is 57.7 Å². The normalized spacial score (nSPS) is 14.4. The summed E-state index contributed by atoms with van der Waals surface area (Å²) in [5.74, 6) is 1.32. The number of H-pyrrole nitrogens is 1. The van der Waals surface area contributed by atoms with E-state index in [2.05, 4.69) is 26.1 Å². The van der Waals surface area contributed by atoms with Crippen molar-refractivity contribution < 1.29 is 4.79 Å². The largest absolute Gasteiger partial charge is 0.358 e. The summed E-state index contributed by atoms with van der Waals surface area (Å²) in [7, 11) is 0. The van der Waals surface area contributed by atoms with Gasteiger partial charge in [0.25, 0.3) is 0 Å². The molecule has 1 unspecified atom stereocenters. The smallest absolute Gasteiger partial charge is 0.242 e. The molecule has 1 aliphatic carbocycles. The van der Waals surface area contributed by atoms with Gasteiger partial charge in [0, 0.05) is 46.0 Å². The van der Waals surface area contributed by atoms with Crippen LogP contribution in [0.2, 0.25) is 15.1 Å². The van der Waals surface area contributed by atoms with E-state index < -0.39 is 6.04 Å². The third kappa shape index (κ3) is 8.35. The molecule has 0 bridgehead atoms. The number of carbonyl (C=O) groups excluding carboxylic acids is 1. The Labute approximate surface area is 254 Å². The van der Waals surface area contributed by atoms with Gasteiger partial charge in [0.15, 0.2) is 0 Å². The molecule has 11 heteroatoms. The zero-order valence-electron chi connectivity index (χ0n) is 22.5. The lowest BCUT2D eigenvalue weighted by molar-refractivity contribution is -0.122. The lowest BCUT2D eigenvalue weighted by atomic mass is 9.84. The molecular formula is C30H32Cl3N7O. The minimum Gasteiger partial charge on any atom is -0.358 e. The van der Waals surface area contributed by atoms with Crippen LogP contribution in [0, 0.1) is 5.92 Å². The van der Waals surface area contributed by atoms with Gasteiger partial charge in [-0.25, -0.2) is 4.98 Å². The number of carbonyl (C=O) groups is 1. The van der Waals surface area contributed by atoms with E-state index in [9.17, 15) is 4.79 Å². The molecular weight excluding hydrogens is 581 g/mol. The highest BCUT2D eigenvalue weighted by molar-refractivity contribution is 6.35. The fraction of sp³-hybridized carbons (Fsp3) is 0.333. The Morgan fingerprint density at radius 3 is 2.56 bits per heavy atom. The highest BCUT2D eigenvalue weighted by Gasteiger charge is 2.25. The summed E-state index contributed by atoms with van der Waals surface area (Å²) in [6, 6.07) is 14.2. The highest BCUT2D eigenvalue weighted by atomic mass is 35.5. The molecule has 2 heterocycles. The van der Waals surface area contributed by atoms with Crippen molar-refractivity contribution in [2.75, 3.05) is 10.6 Å². The van der Waals surface area contributed by atoms with Crippen LogP contribution < -0.4 is 16.0 Å². The van der Waals surface area contributed by atoms with Crippen LogP contribution in [0.3, 0.4) is 0 Å². The van der Waals surface area contributed by atoms with Crippen LogP contribution in [-0.4, -0.2) is 32.1 Å². The standard InChI is InChI=1S/C30H32Cl3N7O/c31-23-8-4-7-20(11-23)15-35-30-39-26(22-17-36-37-18-22)14-28(40-30)38-27(12-19-5-2-1-3-6-19)29(41)34-16-21-9-10-24(32)13-25(21)33/h4,7-11,13-14,17-19,27H,1-3,5-6,12,15-16H2,(H,34,41)(H,36,37)(H2,35,38,39,40). The number of anilines is 2. The van der Waals surface area contributed by atoms with Crippen molar-refractivity contribution in [3.63, 3.8) is 0 Å². The molecule has 0 radical (unpaired) electrons. The molecule has 1 fully saturated rings. The zero-order valence-corrected chi connectivity index (χ0v) is 24.7. The molecule has 4 aromatic rings. The van der Waals surface area contributed by atoms with Crippen LogP contribution in [0.5, 0.6) is 0 Å². The van der Waals surface area contributed by atoms with Gasteiger partial charge in [0.05, 0.1) is 11.9 Å². The van der Waals surface area contributed by atoms with E-state index >= 15 is 0 Å². The summed E-state index contributed by atoms with van der Waals surface area (Å²) >= 11 is 18.6. The second kappa shape index (κ2) is 14.0. The zero-order chi connectivity index (χ0) is 28.6. The number of nitrogens with zero attached hydrogens (tertiary/aromatic N) is 3. The van der Waals surface area contributed by atoms with Gasteiger partial charge < -0.3 is 16.0 Å². The minimum atomic E-state index is -0.489. The van der Waals surface area contributed by atoms with Crippen molar-refractivity contribution in [3.05, 3.63) is 87.1 Å². The molecule has 8 nitrogen and oxygen atoms in total. The Kier molecular flexibility index (Phi) is 9.98. The molecule has 2 aromatic carbocycles. The minimum absolute atomic E-state index is 0.112. The molecule has 5 rings (SSSR count). The van der Waals surface area contributed by atoms with Crippen molar-refractivity contribution in [1.29, 1.82) is 0 Å². The number of rotatable bonds is 11. The van der Waals surface area contributed by atoms with E-state index in [0.29, 0.717) is 58.0 Å². The van der Waals surface area contributed by atoms with E-state index in [1.165, 1.54) is 19.3 Å². The van der Waals surface area contributed by atoms with E-state index in [1.807, 2.05) is 36.4 Å². The molecule has 41 heavy (non-hydrogen) atoms. The quantitative estimate of drug-likeness (QED) is 0.140. The van der Waals surface area contributed by atoms with Gasteiger partial charge in [-0.2, -0.15) is 10.1 Å². The van der Waals surface area contributed by atoms with Crippen molar-refractivity contribution in [3.8, 4) is 11.3 Å². The van der Waals surface area contributed by atoms with E-state index in [0.717, 1.165) is 29.5 Å².